The lowest BCUT2D eigenvalue weighted by Gasteiger charge is -2.04. The molecule has 0 aromatic carbocycles. The number of aliphatic hydroxyl groups is 1. The number of aliphatic hydroxyl groups excluding tert-OH is 1. The second kappa shape index (κ2) is 6.87. The van der Waals surface area contributed by atoms with Gasteiger partial charge in [-0.15, -0.1) is 0 Å². The normalized spacial score (nSPS) is 14.7. The Morgan fingerprint density at radius 1 is 1.67 bits per heavy atom. The fourth-order valence-corrected chi connectivity index (χ4v) is 0.774. The highest BCUT2D eigenvalue weighted by Crippen LogP contribution is 1.92. The Morgan fingerprint density at radius 3 is 2.83 bits per heavy atom. The van der Waals surface area contributed by atoms with Crippen molar-refractivity contribution in [2.45, 2.75) is 25.9 Å². The average Bonchev–Trinajstić information content (AvgIpc) is 2.03. The van der Waals surface area contributed by atoms with Crippen LogP contribution in [0, 0.1) is 0 Å². The summed E-state index contributed by atoms with van der Waals surface area (Å²) in [5, 5.41) is 22.8. The molecule has 1 unspecified atom stereocenters. The van der Waals surface area contributed by atoms with Crippen molar-refractivity contribution in [3.8, 4) is 0 Å². The predicted molar refractivity (Wildman–Crippen MR) is 47.2 cm³/mol. The van der Waals surface area contributed by atoms with E-state index in [1.165, 1.54) is 0 Å². The van der Waals surface area contributed by atoms with E-state index in [-0.39, 0.29) is 11.9 Å². The molecule has 5 nitrogen and oxygen atoms in total. The van der Waals surface area contributed by atoms with Gasteiger partial charge >= 0.3 is 0 Å². The summed E-state index contributed by atoms with van der Waals surface area (Å²) in [5.74, 6) is 0.173. The molecule has 0 amide bonds. The van der Waals surface area contributed by atoms with Gasteiger partial charge in [0.25, 0.3) is 0 Å². The third kappa shape index (κ3) is 7.30. The summed E-state index contributed by atoms with van der Waals surface area (Å²) in [6, 6.07) is 0. The number of nitrogens with zero attached hydrogens (tertiary/aromatic N) is 1. The van der Waals surface area contributed by atoms with Crippen molar-refractivity contribution >= 4 is 5.84 Å². The fourth-order valence-electron chi connectivity index (χ4n) is 0.774. The Balaban J connectivity index is 3.11. The van der Waals surface area contributed by atoms with Gasteiger partial charge < -0.3 is 21.4 Å². The van der Waals surface area contributed by atoms with Gasteiger partial charge in [0.2, 0.25) is 0 Å². The summed E-state index contributed by atoms with van der Waals surface area (Å²) in [6.45, 7) is 2.90. The summed E-state index contributed by atoms with van der Waals surface area (Å²) in [4.78, 5) is 0. The first-order valence-electron chi connectivity index (χ1n) is 4.02. The molecule has 0 aromatic rings. The Kier molecular flexibility index (Phi) is 6.41. The number of hydrogen-bond acceptors (Lipinski definition) is 4. The molecular formula is C7H17N3O2. The second-order valence-electron chi connectivity index (χ2n) is 2.76. The minimum atomic E-state index is -0.254. The highest BCUT2D eigenvalue weighted by Gasteiger charge is 1.95. The molecule has 72 valence electrons. The molecule has 0 saturated carbocycles. The Bertz CT molecular complexity index is 137. The van der Waals surface area contributed by atoms with E-state index in [0.717, 1.165) is 19.4 Å². The van der Waals surface area contributed by atoms with Gasteiger partial charge in [-0.05, 0) is 26.3 Å². The number of nitrogens with two attached hydrogens (primary N) is 1. The zero-order chi connectivity index (χ0) is 9.40. The van der Waals surface area contributed by atoms with E-state index in [1.807, 2.05) is 0 Å². The van der Waals surface area contributed by atoms with Gasteiger partial charge in [0, 0.05) is 0 Å². The minimum Gasteiger partial charge on any atom is -0.409 e. The molecular weight excluding hydrogens is 158 g/mol. The van der Waals surface area contributed by atoms with Crippen molar-refractivity contribution in [3.63, 3.8) is 0 Å². The molecule has 5 heteroatoms. The number of amidine groups is 1. The van der Waals surface area contributed by atoms with Crippen LogP contribution in [-0.4, -0.2) is 35.3 Å². The van der Waals surface area contributed by atoms with Crippen molar-refractivity contribution in [2.75, 3.05) is 13.1 Å². The van der Waals surface area contributed by atoms with Crippen LogP contribution in [0.4, 0.5) is 0 Å². The van der Waals surface area contributed by atoms with Gasteiger partial charge in [-0.2, -0.15) is 0 Å². The molecule has 0 rings (SSSR count). The van der Waals surface area contributed by atoms with Gasteiger partial charge in [-0.25, -0.2) is 0 Å². The second-order valence-corrected chi connectivity index (χ2v) is 2.76. The maximum atomic E-state index is 8.89. The molecule has 0 aliphatic rings. The lowest BCUT2D eigenvalue weighted by atomic mass is 10.2. The topological polar surface area (TPSA) is 90.9 Å². The zero-order valence-corrected chi connectivity index (χ0v) is 7.32. The summed E-state index contributed by atoms with van der Waals surface area (Å²) < 4.78 is 0. The summed E-state index contributed by atoms with van der Waals surface area (Å²) >= 11 is 0. The Hall–Kier alpha value is -0.810. The van der Waals surface area contributed by atoms with Crippen LogP contribution in [0.2, 0.25) is 0 Å². The van der Waals surface area contributed by atoms with Crippen LogP contribution >= 0.6 is 0 Å². The van der Waals surface area contributed by atoms with Crippen LogP contribution < -0.4 is 11.1 Å². The first kappa shape index (κ1) is 11.2. The van der Waals surface area contributed by atoms with Gasteiger partial charge in [-0.1, -0.05) is 5.16 Å². The summed E-state index contributed by atoms with van der Waals surface area (Å²) in [7, 11) is 0. The van der Waals surface area contributed by atoms with Crippen molar-refractivity contribution < 1.29 is 10.3 Å². The van der Waals surface area contributed by atoms with Crippen molar-refractivity contribution in [1.82, 2.24) is 5.32 Å². The van der Waals surface area contributed by atoms with Crippen molar-refractivity contribution in [3.05, 3.63) is 0 Å². The average molecular weight is 175 g/mol. The largest absolute Gasteiger partial charge is 0.409 e. The molecule has 1 atom stereocenters. The van der Waals surface area contributed by atoms with Gasteiger partial charge in [0.15, 0.2) is 5.84 Å². The van der Waals surface area contributed by atoms with Crippen LogP contribution in [0.5, 0.6) is 0 Å². The van der Waals surface area contributed by atoms with Crippen LogP contribution in [0.15, 0.2) is 5.16 Å². The number of rotatable bonds is 6. The molecule has 0 spiro atoms. The summed E-state index contributed by atoms with van der Waals surface area (Å²) in [6.07, 6.45) is 1.40. The SMILES string of the molecule is CC(O)CCCNCC(N)=NO. The molecule has 0 bridgehead atoms. The van der Waals surface area contributed by atoms with E-state index >= 15 is 0 Å². The Labute approximate surface area is 72.3 Å². The van der Waals surface area contributed by atoms with E-state index in [4.69, 9.17) is 16.0 Å². The third-order valence-corrected chi connectivity index (χ3v) is 1.41. The molecule has 0 aliphatic heterocycles. The van der Waals surface area contributed by atoms with Crippen LogP contribution in [0.25, 0.3) is 0 Å². The summed E-state index contributed by atoms with van der Waals surface area (Å²) in [5.41, 5.74) is 5.20. The highest BCUT2D eigenvalue weighted by molar-refractivity contribution is 5.81. The van der Waals surface area contributed by atoms with Crippen LogP contribution in [0.3, 0.4) is 0 Å². The first-order valence-corrected chi connectivity index (χ1v) is 4.02. The van der Waals surface area contributed by atoms with Crippen LogP contribution in [-0.2, 0) is 0 Å². The van der Waals surface area contributed by atoms with E-state index < -0.39 is 0 Å². The van der Waals surface area contributed by atoms with Crippen molar-refractivity contribution in [2.24, 2.45) is 10.9 Å². The highest BCUT2D eigenvalue weighted by atomic mass is 16.4. The Morgan fingerprint density at radius 2 is 2.33 bits per heavy atom. The van der Waals surface area contributed by atoms with Crippen molar-refractivity contribution in [1.29, 1.82) is 0 Å². The number of hydrogen-bond donors (Lipinski definition) is 4. The monoisotopic (exact) mass is 175 g/mol. The minimum absolute atomic E-state index is 0.173. The van der Waals surface area contributed by atoms with Gasteiger partial charge in [-0.3, -0.25) is 0 Å². The zero-order valence-electron chi connectivity index (χ0n) is 7.32. The molecule has 12 heavy (non-hydrogen) atoms. The molecule has 5 N–H and O–H groups in total. The maximum absolute atomic E-state index is 8.89. The van der Waals surface area contributed by atoms with Gasteiger partial charge in [0.05, 0.1) is 12.6 Å². The molecule has 0 aromatic heterocycles. The predicted octanol–water partition coefficient (Wildman–Crippen LogP) is -0.517. The van der Waals surface area contributed by atoms with E-state index in [2.05, 4.69) is 10.5 Å². The van der Waals surface area contributed by atoms with Crippen LogP contribution in [0.1, 0.15) is 19.8 Å². The molecule has 0 heterocycles. The van der Waals surface area contributed by atoms with E-state index in [9.17, 15) is 0 Å². The van der Waals surface area contributed by atoms with E-state index in [0.29, 0.717) is 6.54 Å². The van der Waals surface area contributed by atoms with E-state index in [1.54, 1.807) is 6.92 Å². The molecule has 0 aliphatic carbocycles. The molecule has 0 saturated heterocycles. The molecule has 0 fully saturated rings. The maximum Gasteiger partial charge on any atom is 0.153 e. The fraction of sp³-hybridized carbons (Fsp3) is 0.857. The third-order valence-electron chi connectivity index (χ3n) is 1.41. The number of oxime groups is 1. The lowest BCUT2D eigenvalue weighted by Crippen LogP contribution is -2.29. The standard InChI is InChI=1S/C7H17N3O2/c1-6(11)3-2-4-9-5-7(8)10-12/h6,9,11-12H,2-5H2,1H3,(H2,8,10). The first-order chi connectivity index (χ1) is 5.66. The lowest BCUT2D eigenvalue weighted by molar-refractivity contribution is 0.181. The quantitative estimate of drug-likeness (QED) is 0.144. The van der Waals surface area contributed by atoms with Gasteiger partial charge in [0.1, 0.15) is 0 Å². The number of nitrogens with one attached hydrogen (secondary N) is 1. The molecule has 0 radical (unpaired) electrons. The smallest absolute Gasteiger partial charge is 0.153 e.